The van der Waals surface area contributed by atoms with Gasteiger partial charge in [0.05, 0.1) is 6.04 Å². The van der Waals surface area contributed by atoms with Gasteiger partial charge in [0, 0.05) is 10.6 Å². The molecule has 0 amide bonds. The zero-order chi connectivity index (χ0) is 14.8. The first-order valence-corrected chi connectivity index (χ1v) is 6.88. The van der Waals surface area contributed by atoms with E-state index in [4.69, 9.17) is 26.9 Å². The summed E-state index contributed by atoms with van der Waals surface area (Å²) in [6.07, 6.45) is 0. The number of nitrogens with one attached hydrogen (secondary N) is 1. The second-order valence-electron chi connectivity index (χ2n) is 4.64. The number of benzene rings is 2. The van der Waals surface area contributed by atoms with Crippen LogP contribution in [0.1, 0.15) is 17.2 Å². The van der Waals surface area contributed by atoms with Crippen LogP contribution in [0.5, 0.6) is 11.5 Å². The molecular formula is C15H14ClFN2O2. The summed E-state index contributed by atoms with van der Waals surface area (Å²) >= 11 is 6.10. The molecule has 1 aliphatic rings. The average molecular weight is 309 g/mol. The van der Waals surface area contributed by atoms with Crippen LogP contribution in [0.25, 0.3) is 0 Å². The van der Waals surface area contributed by atoms with Crippen molar-refractivity contribution in [3.05, 3.63) is 58.4 Å². The smallest absolute Gasteiger partial charge is 0.161 e. The number of hydrogen-bond acceptors (Lipinski definition) is 4. The highest BCUT2D eigenvalue weighted by Gasteiger charge is 2.22. The fourth-order valence-electron chi connectivity index (χ4n) is 2.37. The normalized spacial score (nSPS) is 14.8. The zero-order valence-electron chi connectivity index (χ0n) is 11.1. The molecule has 0 spiro atoms. The van der Waals surface area contributed by atoms with E-state index in [0.717, 1.165) is 5.56 Å². The van der Waals surface area contributed by atoms with Crippen molar-refractivity contribution in [3.63, 3.8) is 0 Å². The molecule has 0 saturated carbocycles. The molecule has 3 N–H and O–H groups in total. The summed E-state index contributed by atoms with van der Waals surface area (Å²) in [6.45, 7) is 1.00. The number of rotatable bonds is 3. The Morgan fingerprint density at radius 2 is 1.90 bits per heavy atom. The van der Waals surface area contributed by atoms with E-state index < -0.39 is 11.9 Å². The van der Waals surface area contributed by atoms with Crippen molar-refractivity contribution in [3.8, 4) is 11.5 Å². The minimum Gasteiger partial charge on any atom is -0.486 e. The number of fused-ring (bicyclic) bond motifs is 1. The van der Waals surface area contributed by atoms with Gasteiger partial charge in [0.15, 0.2) is 11.5 Å². The first-order valence-electron chi connectivity index (χ1n) is 6.50. The molecule has 0 saturated heterocycles. The van der Waals surface area contributed by atoms with Gasteiger partial charge in [-0.3, -0.25) is 5.84 Å². The summed E-state index contributed by atoms with van der Waals surface area (Å²) in [5.41, 5.74) is 3.65. The van der Waals surface area contributed by atoms with Crippen molar-refractivity contribution < 1.29 is 13.9 Å². The first kappa shape index (κ1) is 14.1. The van der Waals surface area contributed by atoms with Crippen LogP contribution in [0.3, 0.4) is 0 Å². The highest BCUT2D eigenvalue weighted by Crippen LogP contribution is 2.36. The van der Waals surface area contributed by atoms with Crippen molar-refractivity contribution in [2.45, 2.75) is 6.04 Å². The monoisotopic (exact) mass is 308 g/mol. The van der Waals surface area contributed by atoms with Gasteiger partial charge >= 0.3 is 0 Å². The molecule has 1 atom stereocenters. The third-order valence-electron chi connectivity index (χ3n) is 3.35. The van der Waals surface area contributed by atoms with Crippen molar-refractivity contribution >= 4 is 11.6 Å². The molecular weight excluding hydrogens is 295 g/mol. The van der Waals surface area contributed by atoms with Crippen molar-refractivity contribution in [2.75, 3.05) is 13.2 Å². The number of halogens is 2. The number of hydrazine groups is 1. The minimum atomic E-state index is -0.575. The highest BCUT2D eigenvalue weighted by atomic mass is 35.5. The lowest BCUT2D eigenvalue weighted by Crippen LogP contribution is -2.30. The maximum Gasteiger partial charge on any atom is 0.161 e. The van der Waals surface area contributed by atoms with E-state index >= 15 is 0 Å². The first-order chi connectivity index (χ1) is 10.2. The lowest BCUT2D eigenvalue weighted by atomic mass is 9.98. The SMILES string of the molecule is NNC(c1ccc2c(c1)OCCO2)c1c(F)cccc1Cl. The van der Waals surface area contributed by atoms with E-state index in [-0.39, 0.29) is 0 Å². The molecule has 1 heterocycles. The summed E-state index contributed by atoms with van der Waals surface area (Å²) in [6, 6.07) is 9.32. The summed E-state index contributed by atoms with van der Waals surface area (Å²) in [5.74, 6) is 6.47. The number of ether oxygens (including phenoxy) is 2. The summed E-state index contributed by atoms with van der Waals surface area (Å²) < 4.78 is 25.1. The Labute approximate surface area is 126 Å². The lowest BCUT2D eigenvalue weighted by Gasteiger charge is -2.23. The van der Waals surface area contributed by atoms with Gasteiger partial charge < -0.3 is 9.47 Å². The molecule has 1 unspecified atom stereocenters. The van der Waals surface area contributed by atoms with Crippen LogP contribution in [0, 0.1) is 5.82 Å². The van der Waals surface area contributed by atoms with E-state index in [0.29, 0.717) is 35.3 Å². The van der Waals surface area contributed by atoms with Crippen molar-refractivity contribution in [1.82, 2.24) is 5.43 Å². The summed E-state index contributed by atoms with van der Waals surface area (Å²) in [5, 5.41) is 0.313. The van der Waals surface area contributed by atoms with Crippen LogP contribution >= 0.6 is 11.6 Å². The topological polar surface area (TPSA) is 56.5 Å². The van der Waals surface area contributed by atoms with Crippen LogP contribution in [-0.2, 0) is 0 Å². The van der Waals surface area contributed by atoms with Gasteiger partial charge in [-0.05, 0) is 29.8 Å². The van der Waals surface area contributed by atoms with Gasteiger partial charge in [0.25, 0.3) is 0 Å². The van der Waals surface area contributed by atoms with Crippen molar-refractivity contribution in [1.29, 1.82) is 0 Å². The number of hydrogen-bond donors (Lipinski definition) is 2. The Balaban J connectivity index is 2.04. The van der Waals surface area contributed by atoms with Gasteiger partial charge in [0.2, 0.25) is 0 Å². The second kappa shape index (κ2) is 5.89. The van der Waals surface area contributed by atoms with Crippen LogP contribution in [-0.4, -0.2) is 13.2 Å². The largest absolute Gasteiger partial charge is 0.486 e. The molecule has 0 fully saturated rings. The molecule has 0 aliphatic carbocycles. The van der Waals surface area contributed by atoms with Gasteiger partial charge in [-0.25, -0.2) is 9.82 Å². The molecule has 0 aromatic heterocycles. The van der Waals surface area contributed by atoms with E-state index in [1.807, 2.05) is 0 Å². The van der Waals surface area contributed by atoms with Gasteiger partial charge in [-0.15, -0.1) is 0 Å². The maximum atomic E-state index is 14.1. The third-order valence-corrected chi connectivity index (χ3v) is 3.68. The molecule has 0 radical (unpaired) electrons. The summed E-state index contributed by atoms with van der Waals surface area (Å²) in [7, 11) is 0. The van der Waals surface area contributed by atoms with Crippen LogP contribution < -0.4 is 20.7 Å². The lowest BCUT2D eigenvalue weighted by molar-refractivity contribution is 0.171. The minimum absolute atomic E-state index is 0.304. The van der Waals surface area contributed by atoms with E-state index in [1.54, 1.807) is 30.3 Å². The molecule has 4 nitrogen and oxygen atoms in total. The second-order valence-corrected chi connectivity index (χ2v) is 5.05. The van der Waals surface area contributed by atoms with Crippen LogP contribution in [0.15, 0.2) is 36.4 Å². The predicted octanol–water partition coefficient (Wildman–Crippen LogP) is 2.80. The van der Waals surface area contributed by atoms with E-state index in [1.165, 1.54) is 6.07 Å². The molecule has 6 heteroatoms. The fraction of sp³-hybridized carbons (Fsp3) is 0.200. The molecule has 110 valence electrons. The van der Waals surface area contributed by atoms with Crippen LogP contribution in [0.4, 0.5) is 4.39 Å². The fourth-order valence-corrected chi connectivity index (χ4v) is 2.64. The molecule has 0 bridgehead atoms. The Bertz CT molecular complexity index is 646. The maximum absolute atomic E-state index is 14.1. The molecule has 2 aromatic carbocycles. The predicted molar refractivity (Wildman–Crippen MR) is 78.0 cm³/mol. The summed E-state index contributed by atoms with van der Waals surface area (Å²) in [4.78, 5) is 0. The zero-order valence-corrected chi connectivity index (χ0v) is 11.9. The van der Waals surface area contributed by atoms with Gasteiger partial charge in [0.1, 0.15) is 19.0 Å². The average Bonchev–Trinajstić information content (AvgIpc) is 2.50. The van der Waals surface area contributed by atoms with Crippen LogP contribution in [0.2, 0.25) is 5.02 Å². The van der Waals surface area contributed by atoms with Gasteiger partial charge in [-0.1, -0.05) is 23.7 Å². The third kappa shape index (κ3) is 2.68. The Kier molecular flexibility index (Phi) is 3.96. The van der Waals surface area contributed by atoms with E-state index in [2.05, 4.69) is 5.43 Å². The molecule has 21 heavy (non-hydrogen) atoms. The Morgan fingerprint density at radius 3 is 2.62 bits per heavy atom. The highest BCUT2D eigenvalue weighted by molar-refractivity contribution is 6.31. The standard InChI is InChI=1S/C15H14ClFN2O2/c16-10-2-1-3-11(17)14(10)15(19-18)9-4-5-12-13(8-9)21-7-6-20-12/h1-5,8,15,19H,6-7,18H2. The number of nitrogens with two attached hydrogens (primary N) is 1. The Hall–Kier alpha value is -1.82. The Morgan fingerprint density at radius 1 is 1.14 bits per heavy atom. The molecule has 3 rings (SSSR count). The molecule has 1 aliphatic heterocycles. The van der Waals surface area contributed by atoms with E-state index in [9.17, 15) is 4.39 Å². The van der Waals surface area contributed by atoms with Crippen molar-refractivity contribution in [2.24, 2.45) is 5.84 Å². The molecule has 2 aromatic rings. The van der Waals surface area contributed by atoms with Gasteiger partial charge in [-0.2, -0.15) is 0 Å². The quantitative estimate of drug-likeness (QED) is 0.676.